The Morgan fingerprint density at radius 1 is 1.06 bits per heavy atom. The van der Waals surface area contributed by atoms with Crippen molar-refractivity contribution in [2.45, 2.75) is 32.0 Å². The van der Waals surface area contributed by atoms with E-state index in [1.54, 1.807) is 31.2 Å². The minimum absolute atomic E-state index is 0.0272. The predicted octanol–water partition coefficient (Wildman–Crippen LogP) is 2.58. The second kappa shape index (κ2) is 12.1. The van der Waals surface area contributed by atoms with Gasteiger partial charge in [-0.25, -0.2) is 22.0 Å². The van der Waals surface area contributed by atoms with Crippen LogP contribution < -0.4 is 15.4 Å². The molecule has 2 N–H and O–H groups in total. The van der Waals surface area contributed by atoms with Crippen molar-refractivity contribution in [1.29, 1.82) is 0 Å². The number of sulfone groups is 1. The Kier molecular flexibility index (Phi) is 9.58. The zero-order valence-electron chi connectivity index (χ0n) is 18.2. The molecule has 33 heavy (non-hydrogen) atoms. The summed E-state index contributed by atoms with van der Waals surface area (Å²) >= 11 is 0. The summed E-state index contributed by atoms with van der Waals surface area (Å²) in [6.07, 6.45) is -0.0425. The molecule has 2 unspecified atom stereocenters. The monoisotopic (exact) mass is 484 g/mol. The Bertz CT molecular complexity index is 1050. The first-order chi connectivity index (χ1) is 15.5. The van der Waals surface area contributed by atoms with Gasteiger partial charge in [-0.15, -0.1) is 0 Å². The molecule has 0 spiro atoms. The molecule has 0 aliphatic carbocycles. The number of ether oxygens (including phenoxy) is 2. The third-order valence-corrected chi connectivity index (χ3v) is 5.35. The van der Waals surface area contributed by atoms with E-state index < -0.39 is 45.6 Å². The van der Waals surface area contributed by atoms with Crippen molar-refractivity contribution in [3.63, 3.8) is 0 Å². The average molecular weight is 485 g/mol. The van der Waals surface area contributed by atoms with Crippen LogP contribution in [0.25, 0.3) is 0 Å². The molecule has 11 heteroatoms. The molecular weight excluding hydrogens is 458 g/mol. The molecule has 2 aromatic carbocycles. The lowest BCUT2D eigenvalue weighted by molar-refractivity contribution is -0.123. The molecule has 180 valence electrons. The number of benzene rings is 2. The van der Waals surface area contributed by atoms with E-state index in [4.69, 9.17) is 9.47 Å². The molecule has 2 rings (SSSR count). The number of carbonyl (C=O) groups excluding carboxylic acids is 2. The van der Waals surface area contributed by atoms with Crippen LogP contribution in [0.15, 0.2) is 48.5 Å². The van der Waals surface area contributed by atoms with Crippen LogP contribution in [0.3, 0.4) is 0 Å². The van der Waals surface area contributed by atoms with E-state index >= 15 is 0 Å². The molecule has 0 bridgehead atoms. The largest absolute Gasteiger partial charge is 0.488 e. The van der Waals surface area contributed by atoms with Crippen molar-refractivity contribution in [3.8, 4) is 5.75 Å². The van der Waals surface area contributed by atoms with Crippen LogP contribution in [0.4, 0.5) is 13.6 Å². The molecule has 8 nitrogen and oxygen atoms in total. The summed E-state index contributed by atoms with van der Waals surface area (Å²) in [6.45, 7) is 1.40. The van der Waals surface area contributed by atoms with E-state index in [1.807, 2.05) is 6.07 Å². The van der Waals surface area contributed by atoms with Gasteiger partial charge in [0.1, 0.15) is 34.9 Å². The van der Waals surface area contributed by atoms with Gasteiger partial charge in [0.05, 0.1) is 11.8 Å². The number of carbonyl (C=O) groups is 2. The van der Waals surface area contributed by atoms with Crippen molar-refractivity contribution < 1.29 is 36.3 Å². The highest BCUT2D eigenvalue weighted by molar-refractivity contribution is 7.90. The fourth-order valence-electron chi connectivity index (χ4n) is 2.70. The fraction of sp³-hybridized carbons (Fsp3) is 0.364. The Balaban J connectivity index is 1.93. The van der Waals surface area contributed by atoms with Crippen LogP contribution in [-0.4, -0.2) is 51.1 Å². The second-order valence-corrected chi connectivity index (χ2v) is 9.73. The highest BCUT2D eigenvalue weighted by Crippen LogP contribution is 2.17. The Morgan fingerprint density at radius 2 is 1.76 bits per heavy atom. The van der Waals surface area contributed by atoms with E-state index in [0.29, 0.717) is 6.07 Å². The van der Waals surface area contributed by atoms with Gasteiger partial charge >= 0.3 is 6.09 Å². The highest BCUT2D eigenvalue weighted by Gasteiger charge is 2.24. The fourth-order valence-corrected chi connectivity index (χ4v) is 3.36. The van der Waals surface area contributed by atoms with Gasteiger partial charge in [0.25, 0.3) is 0 Å². The van der Waals surface area contributed by atoms with Crippen molar-refractivity contribution in [2.75, 3.05) is 18.6 Å². The number of alkyl carbamates (subject to hydrolysis) is 1. The maximum Gasteiger partial charge on any atom is 0.408 e. The number of amides is 2. The summed E-state index contributed by atoms with van der Waals surface area (Å²) in [7, 11) is -3.40. The van der Waals surface area contributed by atoms with E-state index in [0.717, 1.165) is 24.0 Å². The van der Waals surface area contributed by atoms with Crippen LogP contribution >= 0.6 is 0 Å². The highest BCUT2D eigenvalue weighted by atomic mass is 32.2. The Labute approximate surface area is 191 Å². The minimum atomic E-state index is -3.40. The Morgan fingerprint density at radius 3 is 2.39 bits per heavy atom. The van der Waals surface area contributed by atoms with Crippen LogP contribution in [-0.2, 0) is 26.0 Å². The zero-order valence-corrected chi connectivity index (χ0v) is 19.0. The summed E-state index contributed by atoms with van der Waals surface area (Å²) in [4.78, 5) is 24.8. The van der Waals surface area contributed by atoms with E-state index in [2.05, 4.69) is 10.6 Å². The molecule has 2 aromatic rings. The SMILES string of the molecule is CC(COc1ccc(F)cc1F)NC(=O)C(CCS(C)(=O)=O)NC(=O)OCc1ccccc1. The van der Waals surface area contributed by atoms with Crippen LogP contribution in [0.2, 0.25) is 0 Å². The number of hydrogen-bond donors (Lipinski definition) is 2. The van der Waals surface area contributed by atoms with Gasteiger partial charge in [-0.3, -0.25) is 4.79 Å². The van der Waals surface area contributed by atoms with Crippen molar-refractivity contribution in [3.05, 3.63) is 65.7 Å². The van der Waals surface area contributed by atoms with E-state index in [1.165, 1.54) is 0 Å². The van der Waals surface area contributed by atoms with Gasteiger partial charge in [0.15, 0.2) is 11.6 Å². The molecule has 0 aliphatic heterocycles. The quantitative estimate of drug-likeness (QED) is 0.507. The lowest BCUT2D eigenvalue weighted by atomic mass is 10.2. The molecule has 2 atom stereocenters. The van der Waals surface area contributed by atoms with Crippen LogP contribution in [0.5, 0.6) is 5.75 Å². The van der Waals surface area contributed by atoms with Gasteiger partial charge in [-0.05, 0) is 31.0 Å². The van der Waals surface area contributed by atoms with Crippen molar-refractivity contribution in [1.82, 2.24) is 10.6 Å². The second-order valence-electron chi connectivity index (χ2n) is 7.47. The lowest BCUT2D eigenvalue weighted by Gasteiger charge is -2.21. The van der Waals surface area contributed by atoms with Crippen LogP contribution in [0, 0.1) is 11.6 Å². The number of halogens is 2. The topological polar surface area (TPSA) is 111 Å². The van der Waals surface area contributed by atoms with Gasteiger partial charge in [0, 0.05) is 12.3 Å². The summed E-state index contributed by atoms with van der Waals surface area (Å²) in [5, 5.41) is 4.94. The summed E-state index contributed by atoms with van der Waals surface area (Å²) < 4.78 is 60.1. The third-order valence-electron chi connectivity index (χ3n) is 4.37. The zero-order chi connectivity index (χ0) is 24.4. The number of nitrogens with one attached hydrogen (secondary N) is 2. The van der Waals surface area contributed by atoms with Crippen molar-refractivity contribution >= 4 is 21.8 Å². The van der Waals surface area contributed by atoms with Crippen LogP contribution in [0.1, 0.15) is 18.9 Å². The summed E-state index contributed by atoms with van der Waals surface area (Å²) in [5.74, 6) is -2.82. The molecule has 0 heterocycles. The first kappa shape index (κ1) is 26.0. The average Bonchev–Trinajstić information content (AvgIpc) is 2.74. The normalized spacial score (nSPS) is 13.0. The number of rotatable bonds is 11. The first-order valence-corrected chi connectivity index (χ1v) is 12.1. The van der Waals surface area contributed by atoms with Gasteiger partial charge in [0.2, 0.25) is 5.91 Å². The molecule has 0 fully saturated rings. The number of hydrogen-bond acceptors (Lipinski definition) is 6. The maximum absolute atomic E-state index is 13.7. The van der Waals surface area contributed by atoms with E-state index in [9.17, 15) is 26.8 Å². The Hall–Kier alpha value is -3.21. The smallest absolute Gasteiger partial charge is 0.408 e. The molecule has 0 radical (unpaired) electrons. The standard InChI is InChI=1S/C22H26F2N2O6S/c1-15(13-31-20-9-8-17(23)12-18(20)24)25-21(27)19(10-11-33(2,29)30)26-22(28)32-14-16-6-4-3-5-7-16/h3-9,12,15,19H,10-11,13-14H2,1-2H3,(H,25,27)(H,26,28). The minimum Gasteiger partial charge on any atom is -0.488 e. The molecule has 0 saturated heterocycles. The maximum atomic E-state index is 13.7. The predicted molar refractivity (Wildman–Crippen MR) is 117 cm³/mol. The third kappa shape index (κ3) is 9.85. The van der Waals surface area contributed by atoms with Crippen molar-refractivity contribution in [2.24, 2.45) is 0 Å². The first-order valence-electron chi connectivity index (χ1n) is 10.1. The molecule has 0 saturated carbocycles. The lowest BCUT2D eigenvalue weighted by Crippen LogP contribution is -2.50. The molecular formula is C22H26F2N2O6S. The molecule has 0 aromatic heterocycles. The summed E-state index contributed by atoms with van der Waals surface area (Å²) in [6, 6.07) is 9.89. The molecule has 2 amide bonds. The van der Waals surface area contributed by atoms with Gasteiger partial charge in [-0.1, -0.05) is 30.3 Å². The van der Waals surface area contributed by atoms with Gasteiger partial charge in [-0.2, -0.15) is 0 Å². The summed E-state index contributed by atoms with van der Waals surface area (Å²) in [5.41, 5.74) is 0.739. The van der Waals surface area contributed by atoms with E-state index in [-0.39, 0.29) is 31.1 Å². The van der Waals surface area contributed by atoms with Gasteiger partial charge < -0.3 is 20.1 Å². The molecule has 0 aliphatic rings.